The van der Waals surface area contributed by atoms with E-state index in [1.165, 1.54) is 0 Å². The number of aryl methyl sites for hydroxylation is 2. The van der Waals surface area contributed by atoms with Crippen molar-refractivity contribution in [2.45, 2.75) is 58.5 Å². The topological polar surface area (TPSA) is 175 Å². The Morgan fingerprint density at radius 1 is 1.26 bits per heavy atom. The summed E-state index contributed by atoms with van der Waals surface area (Å²) in [5.41, 5.74) is 1.74. The SMILES string of the molecule is Cc1cn(CCNC(=O)C2CCC(NC(=O)Cc3c(C)[nH][nH]c3=O)CC2)nn1.O=CO. The second-order valence-corrected chi connectivity index (χ2v) is 7.49. The number of hydrogen-bond donors (Lipinski definition) is 5. The van der Waals surface area contributed by atoms with Gasteiger partial charge in [-0.3, -0.25) is 29.0 Å². The third-order valence-electron chi connectivity index (χ3n) is 5.18. The van der Waals surface area contributed by atoms with Gasteiger partial charge in [0.25, 0.3) is 12.0 Å². The lowest BCUT2D eigenvalue weighted by Gasteiger charge is -2.28. The molecule has 5 N–H and O–H groups in total. The maximum atomic E-state index is 12.3. The molecule has 12 heteroatoms. The summed E-state index contributed by atoms with van der Waals surface area (Å²) in [5.74, 6) is -0.138. The number of aromatic amines is 2. The molecule has 3 rings (SSSR count). The third kappa shape index (κ3) is 7.39. The van der Waals surface area contributed by atoms with Gasteiger partial charge in [0.05, 0.1) is 18.7 Å². The van der Waals surface area contributed by atoms with Gasteiger partial charge in [-0.2, -0.15) is 0 Å². The van der Waals surface area contributed by atoms with Crippen molar-refractivity contribution in [1.82, 2.24) is 35.8 Å². The van der Waals surface area contributed by atoms with Crippen LogP contribution in [0.1, 0.15) is 42.6 Å². The Balaban J connectivity index is 0.00000107. The zero-order valence-electron chi connectivity index (χ0n) is 17.7. The molecule has 0 aromatic carbocycles. The standard InChI is InChI=1S/C18H27N7O3.CH2O2/c1-11-10-25(24-21-11)8-7-19-17(27)13-3-5-14(6-4-13)20-16(26)9-15-12(2)22-23-18(15)28;2-1-3/h10,13-14H,3-9H2,1-2H3,(H,19,27)(H,20,26)(H2,22,23,28);1H,(H,2,3). The molecular formula is C19H29N7O5. The molecule has 0 atom stereocenters. The van der Waals surface area contributed by atoms with Crippen LogP contribution in [-0.2, 0) is 27.3 Å². The van der Waals surface area contributed by atoms with Gasteiger partial charge in [0.1, 0.15) is 0 Å². The molecule has 0 bridgehead atoms. The van der Waals surface area contributed by atoms with Crippen LogP contribution in [0.2, 0.25) is 0 Å². The number of amides is 2. The first-order valence-electron chi connectivity index (χ1n) is 10.1. The molecule has 2 amide bonds. The van der Waals surface area contributed by atoms with Gasteiger partial charge in [0.15, 0.2) is 0 Å². The van der Waals surface area contributed by atoms with E-state index in [0.717, 1.165) is 31.4 Å². The minimum Gasteiger partial charge on any atom is -0.483 e. The molecule has 12 nitrogen and oxygen atoms in total. The van der Waals surface area contributed by atoms with Gasteiger partial charge < -0.3 is 20.8 Å². The molecule has 2 heterocycles. The van der Waals surface area contributed by atoms with Crippen LogP contribution in [-0.4, -0.2) is 61.2 Å². The summed E-state index contributed by atoms with van der Waals surface area (Å²) in [5, 5.41) is 25.9. The average molecular weight is 435 g/mol. The Morgan fingerprint density at radius 3 is 2.48 bits per heavy atom. The number of carbonyl (C=O) groups excluding carboxylic acids is 2. The Bertz CT molecular complexity index is 924. The minimum atomic E-state index is -0.255. The Hall–Kier alpha value is -3.44. The number of aromatic nitrogens is 5. The summed E-state index contributed by atoms with van der Waals surface area (Å²) in [4.78, 5) is 44.5. The van der Waals surface area contributed by atoms with Crippen LogP contribution in [0.15, 0.2) is 11.0 Å². The van der Waals surface area contributed by atoms with Gasteiger partial charge in [-0.05, 0) is 39.5 Å². The predicted octanol–water partition coefficient (Wildman–Crippen LogP) is -0.354. The second kappa shape index (κ2) is 11.7. The number of hydrogen-bond acceptors (Lipinski definition) is 6. The molecule has 0 unspecified atom stereocenters. The van der Waals surface area contributed by atoms with Crippen molar-refractivity contribution in [1.29, 1.82) is 0 Å². The lowest BCUT2D eigenvalue weighted by atomic mass is 9.85. The number of H-pyrrole nitrogens is 2. The van der Waals surface area contributed by atoms with Crippen molar-refractivity contribution >= 4 is 18.3 Å². The smallest absolute Gasteiger partial charge is 0.290 e. The first-order valence-corrected chi connectivity index (χ1v) is 10.1. The van der Waals surface area contributed by atoms with Gasteiger partial charge in [-0.25, -0.2) is 0 Å². The summed E-state index contributed by atoms with van der Waals surface area (Å²) in [6, 6.07) is 0.0491. The zero-order valence-corrected chi connectivity index (χ0v) is 17.7. The van der Waals surface area contributed by atoms with Gasteiger partial charge in [0.2, 0.25) is 11.8 Å². The molecule has 1 aliphatic rings. The monoisotopic (exact) mass is 435 g/mol. The van der Waals surface area contributed by atoms with E-state index in [4.69, 9.17) is 9.90 Å². The highest BCUT2D eigenvalue weighted by Crippen LogP contribution is 2.24. The minimum absolute atomic E-state index is 0.0274. The van der Waals surface area contributed by atoms with Crippen molar-refractivity contribution < 1.29 is 19.5 Å². The first kappa shape index (κ1) is 23.8. The molecule has 2 aromatic rings. The molecule has 0 aliphatic heterocycles. The summed E-state index contributed by atoms with van der Waals surface area (Å²) < 4.78 is 1.71. The first-order chi connectivity index (χ1) is 14.8. The van der Waals surface area contributed by atoms with Crippen LogP contribution in [0, 0.1) is 19.8 Å². The fourth-order valence-corrected chi connectivity index (χ4v) is 3.57. The highest BCUT2D eigenvalue weighted by atomic mass is 16.3. The number of carboxylic acid groups (broad SMARTS) is 1. The summed E-state index contributed by atoms with van der Waals surface area (Å²) >= 11 is 0. The molecule has 170 valence electrons. The van der Waals surface area contributed by atoms with E-state index in [-0.39, 0.29) is 42.2 Å². The number of carbonyl (C=O) groups is 3. The summed E-state index contributed by atoms with van der Waals surface area (Å²) in [6.07, 6.45) is 4.89. The van der Waals surface area contributed by atoms with E-state index in [9.17, 15) is 14.4 Å². The van der Waals surface area contributed by atoms with Crippen molar-refractivity contribution in [2.24, 2.45) is 5.92 Å². The van der Waals surface area contributed by atoms with Crippen molar-refractivity contribution in [3.63, 3.8) is 0 Å². The van der Waals surface area contributed by atoms with Gasteiger partial charge in [0, 0.05) is 36.0 Å². The van der Waals surface area contributed by atoms with Crippen LogP contribution >= 0.6 is 0 Å². The van der Waals surface area contributed by atoms with Crippen LogP contribution < -0.4 is 16.2 Å². The van der Waals surface area contributed by atoms with Crippen molar-refractivity contribution in [3.05, 3.63) is 33.5 Å². The number of rotatable bonds is 7. The largest absolute Gasteiger partial charge is 0.483 e. The summed E-state index contributed by atoms with van der Waals surface area (Å²) in [6.45, 7) is 4.49. The van der Waals surface area contributed by atoms with Crippen molar-refractivity contribution in [3.8, 4) is 0 Å². The Labute approximate surface area is 178 Å². The number of nitrogens with one attached hydrogen (secondary N) is 4. The fourth-order valence-electron chi connectivity index (χ4n) is 3.57. The van der Waals surface area contributed by atoms with E-state index >= 15 is 0 Å². The van der Waals surface area contributed by atoms with Gasteiger partial charge in [-0.15, -0.1) is 5.10 Å². The fraction of sp³-hybridized carbons (Fsp3) is 0.579. The molecule has 1 saturated carbocycles. The third-order valence-corrected chi connectivity index (χ3v) is 5.18. The molecule has 0 radical (unpaired) electrons. The maximum absolute atomic E-state index is 12.3. The van der Waals surface area contributed by atoms with Crippen LogP contribution in [0.5, 0.6) is 0 Å². The zero-order chi connectivity index (χ0) is 22.8. The molecule has 2 aromatic heterocycles. The predicted molar refractivity (Wildman–Crippen MR) is 110 cm³/mol. The van der Waals surface area contributed by atoms with E-state index < -0.39 is 0 Å². The van der Waals surface area contributed by atoms with E-state index in [0.29, 0.717) is 24.3 Å². The van der Waals surface area contributed by atoms with Crippen molar-refractivity contribution in [2.75, 3.05) is 6.54 Å². The van der Waals surface area contributed by atoms with Crippen LogP contribution in [0.3, 0.4) is 0 Å². The Morgan fingerprint density at radius 2 is 1.94 bits per heavy atom. The normalized spacial score (nSPS) is 17.9. The quantitative estimate of drug-likeness (QED) is 0.369. The molecule has 1 fully saturated rings. The molecular weight excluding hydrogens is 406 g/mol. The maximum Gasteiger partial charge on any atom is 0.290 e. The highest BCUT2D eigenvalue weighted by molar-refractivity contribution is 5.80. The lowest BCUT2D eigenvalue weighted by molar-refractivity contribution is -0.126. The van der Waals surface area contributed by atoms with Gasteiger partial charge >= 0.3 is 0 Å². The van der Waals surface area contributed by atoms with Gasteiger partial charge in [-0.1, -0.05) is 5.21 Å². The average Bonchev–Trinajstić information content (AvgIpc) is 3.29. The van der Waals surface area contributed by atoms with Crippen LogP contribution in [0.25, 0.3) is 0 Å². The molecule has 31 heavy (non-hydrogen) atoms. The van der Waals surface area contributed by atoms with Crippen LogP contribution in [0.4, 0.5) is 0 Å². The van der Waals surface area contributed by atoms with E-state index in [1.807, 2.05) is 13.1 Å². The highest BCUT2D eigenvalue weighted by Gasteiger charge is 2.27. The second-order valence-electron chi connectivity index (χ2n) is 7.49. The molecule has 1 aliphatic carbocycles. The van der Waals surface area contributed by atoms with E-state index in [2.05, 4.69) is 31.1 Å². The number of nitrogens with zero attached hydrogens (tertiary/aromatic N) is 3. The summed E-state index contributed by atoms with van der Waals surface area (Å²) in [7, 11) is 0. The molecule has 0 saturated heterocycles. The lowest BCUT2D eigenvalue weighted by Crippen LogP contribution is -2.42. The Kier molecular flexibility index (Phi) is 8.97. The molecule has 0 spiro atoms. The van der Waals surface area contributed by atoms with E-state index in [1.54, 1.807) is 11.6 Å².